The van der Waals surface area contributed by atoms with E-state index in [1.54, 1.807) is 0 Å². The zero-order valence-electron chi connectivity index (χ0n) is 16.9. The lowest BCUT2D eigenvalue weighted by Gasteiger charge is -2.43. The molecule has 0 radical (unpaired) electrons. The van der Waals surface area contributed by atoms with Crippen LogP contribution in [-0.2, 0) is 14.3 Å². The quantitative estimate of drug-likeness (QED) is 0.719. The Kier molecular flexibility index (Phi) is 5.52. The molecule has 0 aromatic heterocycles. The Labute approximate surface area is 157 Å². The van der Waals surface area contributed by atoms with Crippen LogP contribution in [0.15, 0.2) is 0 Å². The van der Waals surface area contributed by atoms with E-state index in [0.29, 0.717) is 23.9 Å². The molecule has 5 unspecified atom stereocenters. The van der Waals surface area contributed by atoms with Crippen LogP contribution in [0.3, 0.4) is 0 Å². The summed E-state index contributed by atoms with van der Waals surface area (Å²) in [6, 6.07) is 0.986. The second-order valence-electron chi connectivity index (χ2n) is 9.24. The summed E-state index contributed by atoms with van der Waals surface area (Å²) < 4.78 is 10.5. The summed E-state index contributed by atoms with van der Waals surface area (Å²) in [5.74, 6) is 0.922. The molecule has 2 aliphatic heterocycles. The van der Waals surface area contributed by atoms with Crippen molar-refractivity contribution in [3.05, 3.63) is 0 Å². The zero-order valence-corrected chi connectivity index (χ0v) is 16.9. The number of methoxy groups -OCH3 is 1. The number of hydrogen-bond donors (Lipinski definition) is 0. The van der Waals surface area contributed by atoms with Gasteiger partial charge in [-0.15, -0.1) is 0 Å². The molecule has 1 aliphatic carbocycles. The van der Waals surface area contributed by atoms with E-state index < -0.39 is 5.60 Å². The van der Waals surface area contributed by atoms with Crippen molar-refractivity contribution in [3.63, 3.8) is 0 Å². The van der Waals surface area contributed by atoms with Crippen molar-refractivity contribution in [2.24, 2.45) is 17.8 Å². The monoisotopic (exact) mass is 366 g/mol. The van der Waals surface area contributed by atoms with Crippen LogP contribution in [0.5, 0.6) is 0 Å². The van der Waals surface area contributed by atoms with Gasteiger partial charge in [-0.3, -0.25) is 9.69 Å². The summed E-state index contributed by atoms with van der Waals surface area (Å²) >= 11 is 0. The Hall–Kier alpha value is -1.30. The van der Waals surface area contributed by atoms with Crippen LogP contribution in [0.2, 0.25) is 0 Å². The normalized spacial score (nSPS) is 35.3. The molecule has 3 rings (SSSR count). The Morgan fingerprint density at radius 3 is 2.42 bits per heavy atom. The molecule has 1 saturated carbocycles. The van der Waals surface area contributed by atoms with Gasteiger partial charge in [0.25, 0.3) is 0 Å². The van der Waals surface area contributed by atoms with Crippen LogP contribution in [0.4, 0.5) is 4.79 Å². The molecule has 3 aliphatic rings. The number of ether oxygens (including phenoxy) is 2. The van der Waals surface area contributed by atoms with Gasteiger partial charge >= 0.3 is 12.1 Å². The van der Waals surface area contributed by atoms with Gasteiger partial charge in [0.2, 0.25) is 0 Å². The van der Waals surface area contributed by atoms with Gasteiger partial charge in [-0.1, -0.05) is 6.92 Å². The SMILES string of the molecule is COC(=O)C1CC1C1CCCN1C1CCN(C(=O)OC(C)(C)C)CC1C. The predicted molar refractivity (Wildman–Crippen MR) is 98.7 cm³/mol. The predicted octanol–water partition coefficient (Wildman–Crippen LogP) is 2.91. The third-order valence-electron chi connectivity index (χ3n) is 6.12. The van der Waals surface area contributed by atoms with Crippen LogP contribution >= 0.6 is 0 Å². The summed E-state index contributed by atoms with van der Waals surface area (Å²) in [6.07, 6.45) is 4.13. The van der Waals surface area contributed by atoms with Gasteiger partial charge < -0.3 is 14.4 Å². The molecule has 0 aromatic carbocycles. The fourth-order valence-electron chi connectivity index (χ4n) is 4.87. The third-order valence-corrected chi connectivity index (χ3v) is 6.12. The molecular formula is C20H34N2O4. The van der Waals surface area contributed by atoms with E-state index in [-0.39, 0.29) is 18.0 Å². The third kappa shape index (κ3) is 4.16. The largest absolute Gasteiger partial charge is 0.469 e. The highest BCUT2D eigenvalue weighted by atomic mass is 16.6. The number of nitrogens with zero attached hydrogens (tertiary/aromatic N) is 2. The van der Waals surface area contributed by atoms with Crippen LogP contribution in [-0.4, -0.2) is 66.3 Å². The van der Waals surface area contributed by atoms with E-state index >= 15 is 0 Å². The van der Waals surface area contributed by atoms with Crippen molar-refractivity contribution in [3.8, 4) is 0 Å². The van der Waals surface area contributed by atoms with Crippen LogP contribution in [0.1, 0.15) is 53.4 Å². The number of piperidine rings is 1. The van der Waals surface area contributed by atoms with Crippen LogP contribution in [0, 0.1) is 17.8 Å². The minimum atomic E-state index is -0.452. The minimum Gasteiger partial charge on any atom is -0.469 e. The van der Waals surface area contributed by atoms with Crippen LogP contribution < -0.4 is 0 Å². The molecule has 2 saturated heterocycles. The summed E-state index contributed by atoms with van der Waals surface area (Å²) in [5, 5.41) is 0. The number of hydrogen-bond acceptors (Lipinski definition) is 5. The second-order valence-corrected chi connectivity index (χ2v) is 9.24. The Morgan fingerprint density at radius 2 is 1.81 bits per heavy atom. The number of likely N-dealkylation sites (tertiary alicyclic amines) is 2. The fourth-order valence-corrected chi connectivity index (χ4v) is 4.87. The Bertz CT molecular complexity index is 544. The lowest BCUT2D eigenvalue weighted by atomic mass is 9.91. The van der Waals surface area contributed by atoms with E-state index in [0.717, 1.165) is 32.5 Å². The van der Waals surface area contributed by atoms with Crippen molar-refractivity contribution in [2.75, 3.05) is 26.7 Å². The van der Waals surface area contributed by atoms with Crippen molar-refractivity contribution in [2.45, 2.75) is 71.1 Å². The molecule has 3 fully saturated rings. The average Bonchev–Trinajstić information content (AvgIpc) is 3.21. The van der Waals surface area contributed by atoms with Gasteiger partial charge in [-0.2, -0.15) is 0 Å². The maximum Gasteiger partial charge on any atom is 0.410 e. The fraction of sp³-hybridized carbons (Fsp3) is 0.900. The molecule has 5 atom stereocenters. The zero-order chi connectivity index (χ0) is 19.1. The highest BCUT2D eigenvalue weighted by Crippen LogP contribution is 2.48. The summed E-state index contributed by atoms with van der Waals surface area (Å²) in [5.41, 5.74) is -0.452. The maximum atomic E-state index is 12.4. The van der Waals surface area contributed by atoms with Gasteiger partial charge in [0.1, 0.15) is 5.60 Å². The lowest BCUT2D eigenvalue weighted by Crippen LogP contribution is -2.54. The number of carbonyl (C=O) groups excluding carboxylic acids is 2. The van der Waals surface area contributed by atoms with E-state index in [1.807, 2.05) is 25.7 Å². The molecule has 26 heavy (non-hydrogen) atoms. The van der Waals surface area contributed by atoms with Crippen molar-refractivity contribution >= 4 is 12.1 Å². The van der Waals surface area contributed by atoms with Crippen molar-refractivity contribution in [1.29, 1.82) is 0 Å². The van der Waals surface area contributed by atoms with Gasteiger partial charge in [-0.05, 0) is 64.8 Å². The molecule has 1 amide bonds. The summed E-state index contributed by atoms with van der Waals surface area (Å²) in [4.78, 5) is 28.7. The summed E-state index contributed by atoms with van der Waals surface area (Å²) in [7, 11) is 1.48. The molecule has 0 bridgehead atoms. The summed E-state index contributed by atoms with van der Waals surface area (Å²) in [6.45, 7) is 10.6. The van der Waals surface area contributed by atoms with Crippen molar-refractivity contribution < 1.29 is 19.1 Å². The first kappa shape index (κ1) is 19.5. The number of carbonyl (C=O) groups is 2. The van der Waals surface area contributed by atoms with Gasteiger partial charge in [0.05, 0.1) is 13.0 Å². The highest BCUT2D eigenvalue weighted by molar-refractivity contribution is 5.75. The Balaban J connectivity index is 1.57. The first-order valence-corrected chi connectivity index (χ1v) is 10.0. The number of rotatable bonds is 3. The molecular weight excluding hydrogens is 332 g/mol. The minimum absolute atomic E-state index is 0.0466. The van der Waals surface area contributed by atoms with E-state index in [4.69, 9.17) is 9.47 Å². The molecule has 0 spiro atoms. The van der Waals surface area contributed by atoms with Gasteiger partial charge in [-0.25, -0.2) is 4.79 Å². The standard InChI is InChI=1S/C20H34N2O4/c1-13-12-21(19(24)26-20(2,3)4)10-8-16(13)22-9-6-7-17(22)14-11-15(14)18(23)25-5/h13-17H,6-12H2,1-5H3. The molecule has 0 aromatic rings. The first-order chi connectivity index (χ1) is 12.2. The van der Waals surface area contributed by atoms with E-state index in [1.165, 1.54) is 20.0 Å². The van der Waals surface area contributed by atoms with Gasteiger partial charge in [0.15, 0.2) is 0 Å². The molecule has 0 N–H and O–H groups in total. The molecule has 6 nitrogen and oxygen atoms in total. The van der Waals surface area contributed by atoms with E-state index in [2.05, 4.69) is 11.8 Å². The molecule has 148 valence electrons. The average molecular weight is 367 g/mol. The van der Waals surface area contributed by atoms with Crippen LogP contribution in [0.25, 0.3) is 0 Å². The molecule has 2 heterocycles. The second kappa shape index (κ2) is 7.37. The Morgan fingerprint density at radius 1 is 1.08 bits per heavy atom. The smallest absolute Gasteiger partial charge is 0.410 e. The van der Waals surface area contributed by atoms with Gasteiger partial charge in [0, 0.05) is 25.2 Å². The number of amides is 1. The molecule has 6 heteroatoms. The highest BCUT2D eigenvalue weighted by Gasteiger charge is 2.52. The van der Waals surface area contributed by atoms with E-state index in [9.17, 15) is 9.59 Å². The first-order valence-electron chi connectivity index (χ1n) is 10.0. The topological polar surface area (TPSA) is 59.1 Å². The number of esters is 1. The lowest BCUT2D eigenvalue weighted by molar-refractivity contribution is -0.142. The van der Waals surface area contributed by atoms with Crippen molar-refractivity contribution in [1.82, 2.24) is 9.80 Å². The maximum absolute atomic E-state index is 12.4.